The number of hydrogen-bond acceptors (Lipinski definition) is 3. The molecule has 1 aliphatic heterocycles. The Hall–Kier alpha value is -2.37. The van der Waals surface area contributed by atoms with Crippen LogP contribution in [0, 0.1) is 0 Å². The van der Waals surface area contributed by atoms with E-state index in [1.165, 1.54) is 0 Å². The number of benzene rings is 2. The summed E-state index contributed by atoms with van der Waals surface area (Å²) >= 11 is 0. The first-order valence-electron chi connectivity index (χ1n) is 8.59. The smallest absolute Gasteiger partial charge is 0.241 e. The van der Waals surface area contributed by atoms with Crippen LogP contribution in [-0.4, -0.2) is 29.3 Å². The van der Waals surface area contributed by atoms with E-state index in [9.17, 15) is 9.59 Å². The fraction of sp³-hybridized carbons (Fsp3) is 0.300. The number of halogens is 1. The maximum absolute atomic E-state index is 12.2. The van der Waals surface area contributed by atoms with E-state index in [0.29, 0.717) is 25.1 Å². The van der Waals surface area contributed by atoms with Gasteiger partial charge in [0.25, 0.3) is 0 Å². The summed E-state index contributed by atoms with van der Waals surface area (Å²) in [5.74, 6) is 0.00980. The van der Waals surface area contributed by atoms with Crippen LogP contribution in [0.5, 0.6) is 0 Å². The monoisotopic (exact) mass is 373 g/mol. The van der Waals surface area contributed by atoms with Gasteiger partial charge in [-0.1, -0.05) is 42.5 Å². The van der Waals surface area contributed by atoms with Gasteiger partial charge in [0.2, 0.25) is 11.8 Å². The fourth-order valence-corrected chi connectivity index (χ4v) is 2.98. The molecule has 2 aromatic carbocycles. The van der Waals surface area contributed by atoms with Gasteiger partial charge in [-0.15, -0.1) is 12.4 Å². The second-order valence-corrected chi connectivity index (χ2v) is 6.40. The standard InChI is InChI=1S/C20H23N3O2.ClH/c21-18(13-15-5-2-1-3-6-15)20(25)22-17-10-8-16(9-11-17)14-23-12-4-7-19(23)24;/h1-3,5-6,8-11,18H,4,7,12-14,21H2,(H,22,25);1H/t18-;/m0./s1. The number of anilines is 1. The van der Waals surface area contributed by atoms with Crippen LogP contribution in [0.25, 0.3) is 0 Å². The minimum atomic E-state index is -0.593. The molecule has 6 heteroatoms. The van der Waals surface area contributed by atoms with Crippen LogP contribution < -0.4 is 11.1 Å². The number of rotatable bonds is 6. The van der Waals surface area contributed by atoms with Crippen molar-refractivity contribution in [2.24, 2.45) is 5.73 Å². The van der Waals surface area contributed by atoms with Gasteiger partial charge < -0.3 is 16.0 Å². The number of carbonyl (C=O) groups is 2. The SMILES string of the molecule is Cl.N[C@@H](Cc1ccccc1)C(=O)Nc1ccc(CN2CCCC2=O)cc1. The highest BCUT2D eigenvalue weighted by atomic mass is 35.5. The highest BCUT2D eigenvalue weighted by Crippen LogP contribution is 2.16. The molecule has 0 radical (unpaired) electrons. The van der Waals surface area contributed by atoms with E-state index >= 15 is 0 Å². The lowest BCUT2D eigenvalue weighted by atomic mass is 10.1. The number of amides is 2. The zero-order chi connectivity index (χ0) is 17.6. The Morgan fingerprint density at radius 3 is 2.38 bits per heavy atom. The third-order valence-electron chi connectivity index (χ3n) is 4.40. The van der Waals surface area contributed by atoms with Crippen LogP contribution in [0.3, 0.4) is 0 Å². The van der Waals surface area contributed by atoms with Crippen molar-refractivity contribution in [2.45, 2.75) is 31.8 Å². The maximum atomic E-state index is 12.2. The molecule has 2 amide bonds. The first-order valence-corrected chi connectivity index (χ1v) is 8.59. The molecule has 3 rings (SSSR count). The minimum absolute atomic E-state index is 0. The lowest BCUT2D eigenvalue weighted by molar-refractivity contribution is -0.128. The van der Waals surface area contributed by atoms with Gasteiger partial charge in [0.1, 0.15) is 0 Å². The summed E-state index contributed by atoms with van der Waals surface area (Å²) in [5.41, 5.74) is 8.80. The van der Waals surface area contributed by atoms with E-state index in [2.05, 4.69) is 5.32 Å². The molecule has 0 bridgehead atoms. The molecule has 0 spiro atoms. The third-order valence-corrected chi connectivity index (χ3v) is 4.40. The lowest BCUT2D eigenvalue weighted by Gasteiger charge is -2.16. The molecule has 1 aliphatic rings. The molecule has 26 heavy (non-hydrogen) atoms. The number of hydrogen-bond donors (Lipinski definition) is 2. The van der Waals surface area contributed by atoms with Gasteiger partial charge >= 0.3 is 0 Å². The molecule has 1 heterocycles. The molecular weight excluding hydrogens is 350 g/mol. The van der Waals surface area contributed by atoms with E-state index < -0.39 is 6.04 Å². The van der Waals surface area contributed by atoms with E-state index in [4.69, 9.17) is 5.73 Å². The molecule has 3 N–H and O–H groups in total. The Balaban J connectivity index is 0.00000243. The number of nitrogens with zero attached hydrogens (tertiary/aromatic N) is 1. The van der Waals surface area contributed by atoms with E-state index in [1.54, 1.807) is 0 Å². The predicted octanol–water partition coefficient (Wildman–Crippen LogP) is 2.74. The quantitative estimate of drug-likeness (QED) is 0.817. The van der Waals surface area contributed by atoms with Gasteiger partial charge in [0, 0.05) is 25.2 Å². The molecule has 1 atom stereocenters. The van der Waals surface area contributed by atoms with Crippen molar-refractivity contribution in [3.63, 3.8) is 0 Å². The van der Waals surface area contributed by atoms with Gasteiger partial charge in [0.15, 0.2) is 0 Å². The number of likely N-dealkylation sites (tertiary alicyclic amines) is 1. The second-order valence-electron chi connectivity index (χ2n) is 6.40. The molecule has 1 fully saturated rings. The number of nitrogens with one attached hydrogen (secondary N) is 1. The van der Waals surface area contributed by atoms with Crippen LogP contribution in [-0.2, 0) is 22.6 Å². The summed E-state index contributed by atoms with van der Waals surface area (Å²) in [5, 5.41) is 2.85. The summed E-state index contributed by atoms with van der Waals surface area (Å²) in [6.07, 6.45) is 2.08. The van der Waals surface area contributed by atoms with Gasteiger partial charge in [-0.25, -0.2) is 0 Å². The van der Waals surface area contributed by atoms with Gasteiger partial charge in [-0.2, -0.15) is 0 Å². The molecule has 0 unspecified atom stereocenters. The summed E-state index contributed by atoms with van der Waals surface area (Å²) in [6, 6.07) is 16.7. The fourth-order valence-electron chi connectivity index (χ4n) is 2.98. The molecule has 5 nitrogen and oxygen atoms in total. The lowest BCUT2D eigenvalue weighted by Crippen LogP contribution is -2.37. The normalized spacial score (nSPS) is 14.7. The molecule has 0 aromatic heterocycles. The largest absolute Gasteiger partial charge is 0.338 e. The van der Waals surface area contributed by atoms with Gasteiger partial charge in [-0.3, -0.25) is 9.59 Å². The van der Waals surface area contributed by atoms with Crippen molar-refractivity contribution >= 4 is 29.9 Å². The van der Waals surface area contributed by atoms with Crippen molar-refractivity contribution in [1.82, 2.24) is 4.90 Å². The summed E-state index contributed by atoms with van der Waals surface area (Å²) < 4.78 is 0. The average Bonchev–Trinajstić information content (AvgIpc) is 3.02. The van der Waals surface area contributed by atoms with E-state index in [0.717, 1.165) is 24.1 Å². The Labute approximate surface area is 160 Å². The number of carbonyl (C=O) groups excluding carboxylic acids is 2. The summed E-state index contributed by atoms with van der Waals surface area (Å²) in [6.45, 7) is 1.45. The zero-order valence-corrected chi connectivity index (χ0v) is 15.4. The van der Waals surface area contributed by atoms with Crippen molar-refractivity contribution in [3.05, 3.63) is 65.7 Å². The Kier molecular flexibility index (Phi) is 7.18. The molecule has 2 aromatic rings. The average molecular weight is 374 g/mol. The minimum Gasteiger partial charge on any atom is -0.338 e. The molecule has 138 valence electrons. The predicted molar refractivity (Wildman–Crippen MR) is 105 cm³/mol. The topological polar surface area (TPSA) is 75.4 Å². The van der Waals surface area contributed by atoms with Gasteiger partial charge in [-0.05, 0) is 36.1 Å². The third kappa shape index (κ3) is 5.31. The highest BCUT2D eigenvalue weighted by Gasteiger charge is 2.20. The zero-order valence-electron chi connectivity index (χ0n) is 14.6. The maximum Gasteiger partial charge on any atom is 0.241 e. The van der Waals surface area contributed by atoms with Crippen LogP contribution in [0.4, 0.5) is 5.69 Å². The van der Waals surface area contributed by atoms with Crippen molar-refractivity contribution < 1.29 is 9.59 Å². The van der Waals surface area contributed by atoms with Crippen LogP contribution in [0.15, 0.2) is 54.6 Å². The van der Waals surface area contributed by atoms with Crippen molar-refractivity contribution in [3.8, 4) is 0 Å². The van der Waals surface area contributed by atoms with Crippen LogP contribution in [0.1, 0.15) is 24.0 Å². The first-order chi connectivity index (χ1) is 12.1. The molecule has 0 saturated carbocycles. The Morgan fingerprint density at radius 2 is 1.77 bits per heavy atom. The highest BCUT2D eigenvalue weighted by molar-refractivity contribution is 5.94. The first kappa shape index (κ1) is 19.9. The Morgan fingerprint density at radius 1 is 1.08 bits per heavy atom. The summed E-state index contributed by atoms with van der Waals surface area (Å²) in [7, 11) is 0. The molecule has 1 saturated heterocycles. The molecule has 0 aliphatic carbocycles. The number of nitrogens with two attached hydrogens (primary N) is 1. The summed E-state index contributed by atoms with van der Waals surface area (Å²) in [4.78, 5) is 25.8. The van der Waals surface area contributed by atoms with E-state index in [-0.39, 0.29) is 24.2 Å². The Bertz CT molecular complexity index is 734. The van der Waals surface area contributed by atoms with Crippen molar-refractivity contribution in [1.29, 1.82) is 0 Å². The second kappa shape index (κ2) is 9.36. The van der Waals surface area contributed by atoms with E-state index in [1.807, 2.05) is 59.5 Å². The van der Waals surface area contributed by atoms with Crippen molar-refractivity contribution in [2.75, 3.05) is 11.9 Å². The van der Waals surface area contributed by atoms with Crippen LogP contribution >= 0.6 is 12.4 Å². The molecular formula is C20H24ClN3O2. The van der Waals surface area contributed by atoms with Crippen LogP contribution in [0.2, 0.25) is 0 Å². The van der Waals surface area contributed by atoms with Gasteiger partial charge in [0.05, 0.1) is 6.04 Å².